The van der Waals surface area contributed by atoms with Gasteiger partial charge in [-0.1, -0.05) is 29.8 Å². The number of amides is 1. The van der Waals surface area contributed by atoms with Crippen LogP contribution in [0, 0.1) is 6.92 Å². The molecule has 0 bridgehead atoms. The van der Waals surface area contributed by atoms with Gasteiger partial charge in [0.05, 0.1) is 12.9 Å². The summed E-state index contributed by atoms with van der Waals surface area (Å²) in [5.74, 6) is 0.906. The Morgan fingerprint density at radius 1 is 1.19 bits per heavy atom. The lowest BCUT2D eigenvalue weighted by molar-refractivity contribution is -0.111. The van der Waals surface area contributed by atoms with E-state index in [-0.39, 0.29) is 5.91 Å². The monoisotopic (exact) mass is 446 g/mol. The van der Waals surface area contributed by atoms with Gasteiger partial charge in [0.15, 0.2) is 0 Å². The average Bonchev–Trinajstić information content (AvgIpc) is 3.18. The van der Waals surface area contributed by atoms with Crippen LogP contribution in [0.3, 0.4) is 0 Å². The fourth-order valence-corrected chi connectivity index (χ4v) is 3.60. The quantitative estimate of drug-likeness (QED) is 0.327. The molecule has 0 aliphatic rings. The SMILES string of the molecule is CCOc1cc2occ(-c3ccc(Cl)cc3)c2cc1/C(C)=C/C(=O)Nc1ccc(C)cn1. The van der Waals surface area contributed by atoms with Gasteiger partial charge in [-0.15, -0.1) is 0 Å². The number of allylic oxidation sites excluding steroid dienone is 1. The molecule has 0 saturated heterocycles. The molecule has 6 heteroatoms. The van der Waals surface area contributed by atoms with E-state index < -0.39 is 0 Å². The van der Waals surface area contributed by atoms with Gasteiger partial charge in [-0.2, -0.15) is 0 Å². The molecule has 0 spiro atoms. The number of nitrogens with one attached hydrogen (secondary N) is 1. The number of carbonyl (C=O) groups excluding carboxylic acids is 1. The number of ether oxygens (including phenoxy) is 1. The van der Waals surface area contributed by atoms with Gasteiger partial charge in [0.2, 0.25) is 5.91 Å². The van der Waals surface area contributed by atoms with Crippen LogP contribution in [0.25, 0.3) is 27.7 Å². The minimum Gasteiger partial charge on any atom is -0.493 e. The molecule has 4 aromatic rings. The van der Waals surface area contributed by atoms with Crippen LogP contribution < -0.4 is 10.1 Å². The third-order valence-electron chi connectivity index (χ3n) is 5.07. The number of aryl methyl sites for hydroxylation is 1. The number of rotatable bonds is 6. The average molecular weight is 447 g/mol. The molecule has 4 rings (SSSR count). The highest BCUT2D eigenvalue weighted by Crippen LogP contribution is 2.37. The predicted octanol–water partition coefficient (Wildman–Crippen LogP) is 6.90. The van der Waals surface area contributed by atoms with Gasteiger partial charge in [0.25, 0.3) is 0 Å². The van der Waals surface area contributed by atoms with E-state index in [1.54, 1.807) is 24.6 Å². The van der Waals surface area contributed by atoms with Crippen molar-refractivity contribution in [3.05, 3.63) is 83.2 Å². The van der Waals surface area contributed by atoms with Crippen LogP contribution in [0.4, 0.5) is 5.82 Å². The molecule has 5 nitrogen and oxygen atoms in total. The van der Waals surface area contributed by atoms with Crippen molar-refractivity contribution in [2.24, 2.45) is 0 Å². The molecule has 2 heterocycles. The van der Waals surface area contributed by atoms with Crippen molar-refractivity contribution in [3.63, 3.8) is 0 Å². The van der Waals surface area contributed by atoms with E-state index in [1.807, 2.05) is 63.2 Å². The maximum atomic E-state index is 12.6. The third-order valence-corrected chi connectivity index (χ3v) is 5.32. The number of fused-ring (bicyclic) bond motifs is 1. The van der Waals surface area contributed by atoms with E-state index >= 15 is 0 Å². The van der Waals surface area contributed by atoms with Crippen molar-refractivity contribution in [2.45, 2.75) is 20.8 Å². The summed E-state index contributed by atoms with van der Waals surface area (Å²) in [4.78, 5) is 16.8. The number of carbonyl (C=O) groups is 1. The molecule has 1 N–H and O–H groups in total. The summed E-state index contributed by atoms with van der Waals surface area (Å²) in [7, 11) is 0. The first-order valence-corrected chi connectivity index (χ1v) is 10.7. The molecule has 2 aromatic carbocycles. The van der Waals surface area contributed by atoms with Crippen LogP contribution in [0.5, 0.6) is 5.75 Å². The van der Waals surface area contributed by atoms with Crippen LogP contribution in [-0.4, -0.2) is 17.5 Å². The summed E-state index contributed by atoms with van der Waals surface area (Å²) in [6, 6.07) is 15.1. The van der Waals surface area contributed by atoms with Gasteiger partial charge in [-0.3, -0.25) is 4.79 Å². The smallest absolute Gasteiger partial charge is 0.249 e. The van der Waals surface area contributed by atoms with E-state index in [9.17, 15) is 4.79 Å². The molecule has 162 valence electrons. The van der Waals surface area contributed by atoms with Gasteiger partial charge in [-0.05, 0) is 61.7 Å². The molecule has 0 radical (unpaired) electrons. The number of hydrogen-bond donors (Lipinski definition) is 1. The van der Waals surface area contributed by atoms with Crippen molar-refractivity contribution < 1.29 is 13.9 Å². The van der Waals surface area contributed by atoms with Gasteiger partial charge in [0, 0.05) is 39.9 Å². The minimum absolute atomic E-state index is 0.258. The Morgan fingerprint density at radius 3 is 2.66 bits per heavy atom. The Bertz CT molecular complexity index is 1290. The zero-order chi connectivity index (χ0) is 22.7. The molecule has 0 atom stereocenters. The highest BCUT2D eigenvalue weighted by molar-refractivity contribution is 6.30. The second kappa shape index (κ2) is 9.28. The van der Waals surface area contributed by atoms with Crippen LogP contribution in [-0.2, 0) is 4.79 Å². The first kappa shape index (κ1) is 21.7. The largest absolute Gasteiger partial charge is 0.493 e. The fraction of sp³-hybridized carbons (Fsp3) is 0.154. The van der Waals surface area contributed by atoms with E-state index in [0.29, 0.717) is 28.8 Å². The zero-order valence-electron chi connectivity index (χ0n) is 18.1. The van der Waals surface area contributed by atoms with Crippen molar-refractivity contribution >= 4 is 39.9 Å². The second-order valence-corrected chi connectivity index (χ2v) is 7.91. The Balaban J connectivity index is 1.71. The summed E-state index contributed by atoms with van der Waals surface area (Å²) in [5.41, 5.74) is 5.27. The second-order valence-electron chi connectivity index (χ2n) is 7.47. The van der Waals surface area contributed by atoms with Crippen molar-refractivity contribution in [2.75, 3.05) is 11.9 Å². The van der Waals surface area contributed by atoms with E-state index in [2.05, 4.69) is 10.3 Å². The van der Waals surface area contributed by atoms with Crippen LogP contribution in [0.2, 0.25) is 5.02 Å². The summed E-state index contributed by atoms with van der Waals surface area (Å²) in [5, 5.41) is 4.40. The molecule has 1 amide bonds. The molecular weight excluding hydrogens is 424 g/mol. The maximum absolute atomic E-state index is 12.6. The molecule has 0 saturated carbocycles. The molecule has 0 aliphatic heterocycles. The highest BCUT2D eigenvalue weighted by atomic mass is 35.5. The minimum atomic E-state index is -0.258. The zero-order valence-corrected chi connectivity index (χ0v) is 18.9. The van der Waals surface area contributed by atoms with Crippen LogP contribution >= 0.6 is 11.6 Å². The van der Waals surface area contributed by atoms with Crippen LogP contribution in [0.1, 0.15) is 25.0 Å². The van der Waals surface area contributed by atoms with E-state index in [0.717, 1.165) is 33.2 Å². The lowest BCUT2D eigenvalue weighted by Crippen LogP contribution is -2.10. The normalized spacial score (nSPS) is 11.6. The summed E-state index contributed by atoms with van der Waals surface area (Å²) in [6.45, 7) is 6.25. The number of pyridine rings is 1. The summed E-state index contributed by atoms with van der Waals surface area (Å²) < 4.78 is 11.7. The van der Waals surface area contributed by atoms with Gasteiger partial charge in [0.1, 0.15) is 17.2 Å². The standard InChI is InChI=1S/C26H23ClN2O3/c1-4-31-23-13-24-21(22(15-32-24)18-6-8-19(27)9-7-18)12-20(23)17(3)11-26(30)29-25-10-5-16(2)14-28-25/h5-15H,4H2,1-3H3,(H,28,29,30)/b17-11+. The van der Waals surface area contributed by atoms with E-state index in [4.69, 9.17) is 20.8 Å². The molecule has 0 fully saturated rings. The number of nitrogens with zero attached hydrogens (tertiary/aromatic N) is 1. The molecular formula is C26H23ClN2O3. The number of halogens is 1. The first-order chi connectivity index (χ1) is 15.4. The first-order valence-electron chi connectivity index (χ1n) is 10.3. The number of anilines is 1. The van der Waals surface area contributed by atoms with E-state index in [1.165, 1.54) is 0 Å². The van der Waals surface area contributed by atoms with Crippen molar-refractivity contribution in [3.8, 4) is 16.9 Å². The molecule has 0 unspecified atom stereocenters. The number of benzene rings is 2. The van der Waals surface area contributed by atoms with Crippen molar-refractivity contribution in [1.29, 1.82) is 0 Å². The Hall–Kier alpha value is -3.57. The summed E-state index contributed by atoms with van der Waals surface area (Å²) in [6.07, 6.45) is 4.99. The molecule has 0 aliphatic carbocycles. The van der Waals surface area contributed by atoms with Gasteiger partial charge < -0.3 is 14.5 Å². The lowest BCUT2D eigenvalue weighted by Gasteiger charge is -2.12. The van der Waals surface area contributed by atoms with Crippen molar-refractivity contribution in [1.82, 2.24) is 4.98 Å². The van der Waals surface area contributed by atoms with Gasteiger partial charge in [-0.25, -0.2) is 4.98 Å². The Labute approximate surface area is 191 Å². The molecule has 32 heavy (non-hydrogen) atoms. The highest BCUT2D eigenvalue weighted by Gasteiger charge is 2.15. The predicted molar refractivity (Wildman–Crippen MR) is 129 cm³/mol. The molecule has 2 aromatic heterocycles. The van der Waals surface area contributed by atoms with Gasteiger partial charge >= 0.3 is 0 Å². The third kappa shape index (κ3) is 4.68. The number of aromatic nitrogens is 1. The lowest BCUT2D eigenvalue weighted by atomic mass is 9.99. The summed E-state index contributed by atoms with van der Waals surface area (Å²) >= 11 is 6.04. The van der Waals surface area contributed by atoms with Crippen LogP contribution in [0.15, 0.2) is 71.5 Å². The fourth-order valence-electron chi connectivity index (χ4n) is 3.47. The number of hydrogen-bond acceptors (Lipinski definition) is 4. The number of furan rings is 1. The maximum Gasteiger partial charge on any atom is 0.249 e. The Morgan fingerprint density at radius 2 is 1.97 bits per heavy atom. The Kier molecular flexibility index (Phi) is 6.28. The topological polar surface area (TPSA) is 64.4 Å².